The average Bonchev–Trinajstić information content (AvgIpc) is 3.14. The molecule has 0 unspecified atom stereocenters. The number of aliphatic carboxylic acids is 4. The van der Waals surface area contributed by atoms with Gasteiger partial charge in [-0.2, -0.15) is 0 Å². The van der Waals surface area contributed by atoms with Crippen LogP contribution in [0.5, 0.6) is 0 Å². The number of hydrogen-bond acceptors (Lipinski definition) is 8. The van der Waals surface area contributed by atoms with Crippen LogP contribution in [0.1, 0.15) is 171 Å². The molecule has 0 aromatic heterocycles. The van der Waals surface area contributed by atoms with Crippen molar-refractivity contribution < 1.29 is 58.7 Å². The predicted molar refractivity (Wildman–Crippen MR) is 218 cm³/mol. The van der Waals surface area contributed by atoms with E-state index in [-0.39, 0.29) is 60.0 Å². The predicted octanol–water partition coefficient (Wildman–Crippen LogP) is 9.18. The molecule has 0 bridgehead atoms. The Bertz CT molecular complexity index is 878. The summed E-state index contributed by atoms with van der Waals surface area (Å²) in [5, 5.41) is 32.2. The number of rotatable bonds is 12. The van der Waals surface area contributed by atoms with Gasteiger partial charge in [0.05, 0.1) is 0 Å². The van der Waals surface area contributed by atoms with Crippen molar-refractivity contribution in [2.24, 2.45) is 0 Å². The molecule has 0 aromatic rings. The van der Waals surface area contributed by atoms with E-state index in [2.05, 4.69) is 55.4 Å². The fourth-order valence-corrected chi connectivity index (χ4v) is 3.19. The monoisotopic (exact) mass is 984 g/mol. The first-order valence-electron chi connectivity index (χ1n) is 19.0. The maximum absolute atomic E-state index is 11.0. The Morgan fingerprint density at radius 3 is 0.741 bits per heavy atom. The van der Waals surface area contributed by atoms with E-state index >= 15 is 0 Å². The van der Waals surface area contributed by atoms with Gasteiger partial charge in [-0.15, -0.1) is 0 Å². The van der Waals surface area contributed by atoms with E-state index < -0.39 is 35.8 Å². The van der Waals surface area contributed by atoms with Gasteiger partial charge in [0.2, 0.25) is 0 Å². The molecule has 2 rings (SSSR count). The molecule has 2 saturated carbocycles. The van der Waals surface area contributed by atoms with Crippen molar-refractivity contribution in [1.82, 2.24) is 0 Å². The molecule has 54 heavy (non-hydrogen) atoms. The Kier molecular flexibility index (Phi) is 67.7. The summed E-state index contributed by atoms with van der Waals surface area (Å²) in [6.07, 6.45) is 25.4. The van der Waals surface area contributed by atoms with Gasteiger partial charge in [0.25, 0.3) is 0 Å². The maximum atomic E-state index is 11.0. The second-order valence-corrected chi connectivity index (χ2v) is 11.7. The molecule has 0 saturated heterocycles. The molecule has 4 N–H and O–H groups in total. The van der Waals surface area contributed by atoms with Gasteiger partial charge in [-0.05, 0) is 51.4 Å². The van der Waals surface area contributed by atoms with Gasteiger partial charge in [0, 0.05) is 84.3 Å². The molecule has 0 aromatic carbocycles. The van der Waals surface area contributed by atoms with Crippen molar-refractivity contribution in [2.75, 3.05) is 0 Å². The van der Waals surface area contributed by atoms with Crippen LogP contribution in [0.2, 0.25) is 0 Å². The van der Waals surface area contributed by atoms with Gasteiger partial charge >= 0.3 is 35.8 Å². The Labute approximate surface area is 359 Å². The fraction of sp³-hybridized carbons (Fsp3) is 0.700. The number of unbranched alkanes of at least 4 members (excludes halogenated alkanes) is 4. The van der Waals surface area contributed by atoms with E-state index in [4.69, 9.17) is 29.9 Å². The smallest absolute Gasteiger partial charge is 0.331 e. The summed E-state index contributed by atoms with van der Waals surface area (Å²) in [6.45, 7) is 17.4. The molecule has 8 radical (unpaired) electrons. The SMILES string of the molecule is CCCC.CCCC.CCCC.CCCC.O=C(O)/C=C/C(=O)O.O=C(O)/C=C/C(=O)OC1CCCCC1.O=C(O)/C=C/C(=O)OC1CCCCC1.[Sn].[Sn]. The van der Waals surface area contributed by atoms with E-state index in [0.717, 1.165) is 75.7 Å². The van der Waals surface area contributed by atoms with Gasteiger partial charge < -0.3 is 29.9 Å². The Hall–Kier alpha value is -2.36. The van der Waals surface area contributed by atoms with E-state index in [0.29, 0.717) is 12.2 Å². The van der Waals surface area contributed by atoms with Gasteiger partial charge in [0.15, 0.2) is 0 Å². The molecule has 14 heteroatoms. The van der Waals surface area contributed by atoms with Crippen LogP contribution in [0, 0.1) is 0 Å². The van der Waals surface area contributed by atoms with Crippen molar-refractivity contribution in [1.29, 1.82) is 0 Å². The molecule has 0 spiro atoms. The Morgan fingerprint density at radius 2 is 0.574 bits per heavy atom. The van der Waals surface area contributed by atoms with E-state index in [1.54, 1.807) is 0 Å². The number of carboxylic acids is 4. The normalized spacial score (nSPS) is 13.1. The second kappa shape index (κ2) is 55.0. The molecule has 12 nitrogen and oxygen atoms in total. The summed E-state index contributed by atoms with van der Waals surface area (Å²) in [5.41, 5.74) is 0. The minimum absolute atomic E-state index is 0. The summed E-state index contributed by atoms with van der Waals surface area (Å²) < 4.78 is 10.1. The zero-order valence-electron chi connectivity index (χ0n) is 34.4. The molecule has 0 aliphatic heterocycles. The van der Waals surface area contributed by atoms with Crippen LogP contribution in [0.4, 0.5) is 0 Å². The first-order chi connectivity index (χ1) is 24.6. The molecule has 2 aliphatic rings. The van der Waals surface area contributed by atoms with Crippen LogP contribution in [0.15, 0.2) is 36.5 Å². The summed E-state index contributed by atoms with van der Waals surface area (Å²) in [7, 11) is 0. The van der Waals surface area contributed by atoms with Crippen molar-refractivity contribution in [3.63, 3.8) is 0 Å². The van der Waals surface area contributed by atoms with Crippen LogP contribution >= 0.6 is 0 Å². The number of ether oxygens (including phenoxy) is 2. The number of hydrogen-bond donors (Lipinski definition) is 4. The molecule has 0 atom stereocenters. The van der Waals surface area contributed by atoms with E-state index in [1.165, 1.54) is 64.2 Å². The maximum Gasteiger partial charge on any atom is 0.331 e. The van der Waals surface area contributed by atoms with Crippen LogP contribution in [0.3, 0.4) is 0 Å². The van der Waals surface area contributed by atoms with Crippen molar-refractivity contribution >= 4 is 83.6 Å². The molecular formula is C40H72O12Sn2. The number of esters is 2. The largest absolute Gasteiger partial charge is 0.478 e. The third-order valence-corrected chi connectivity index (χ3v) is 6.76. The summed E-state index contributed by atoms with van der Waals surface area (Å²) >= 11 is 0. The van der Waals surface area contributed by atoms with Crippen LogP contribution in [-0.2, 0) is 38.2 Å². The van der Waals surface area contributed by atoms with Crippen LogP contribution in [0.25, 0.3) is 0 Å². The summed E-state index contributed by atoms with van der Waals surface area (Å²) in [4.78, 5) is 61.4. The zero-order chi connectivity index (χ0) is 41.0. The molecule has 0 amide bonds. The van der Waals surface area contributed by atoms with Crippen molar-refractivity contribution in [2.45, 2.75) is 183 Å². The third kappa shape index (κ3) is 71.1. The molecule has 312 valence electrons. The first-order valence-corrected chi connectivity index (χ1v) is 19.0. The minimum Gasteiger partial charge on any atom is -0.478 e. The number of carbonyl (C=O) groups excluding carboxylic acids is 2. The molecule has 2 aliphatic carbocycles. The third-order valence-electron chi connectivity index (χ3n) is 6.76. The van der Waals surface area contributed by atoms with Crippen molar-refractivity contribution in [3.05, 3.63) is 36.5 Å². The first kappa shape index (κ1) is 66.5. The van der Waals surface area contributed by atoms with Gasteiger partial charge in [-0.25, -0.2) is 28.8 Å². The summed E-state index contributed by atoms with van der Waals surface area (Å²) in [5.74, 6) is -5.89. The average molecular weight is 982 g/mol. The quantitative estimate of drug-likeness (QED) is 0.0822. The Morgan fingerprint density at radius 1 is 0.389 bits per heavy atom. The fourth-order valence-electron chi connectivity index (χ4n) is 3.19. The second-order valence-electron chi connectivity index (χ2n) is 11.7. The number of carboxylic acid groups (broad SMARTS) is 4. The van der Waals surface area contributed by atoms with Crippen LogP contribution < -0.4 is 0 Å². The minimum atomic E-state index is -1.26. The molecule has 2 fully saturated rings. The van der Waals surface area contributed by atoms with Gasteiger partial charge in [-0.3, -0.25) is 0 Å². The standard InChI is InChI=1S/2C10H14O4.C4H4O4.4C4H10.2Sn/c2*11-9(12)6-7-10(13)14-8-4-2-1-3-5-8;5-3(6)1-2-4(7)8;4*1-3-4-2;;/h2*6-8H,1-5H2,(H,11,12);1-2H,(H,5,6)(H,7,8);4*3-4H2,1-2H3;;/b2*7-6+;2-1+;;;;;;. The zero-order valence-corrected chi connectivity index (χ0v) is 40.1. The Balaban J connectivity index is -0.000000103. The van der Waals surface area contributed by atoms with Crippen molar-refractivity contribution in [3.8, 4) is 0 Å². The van der Waals surface area contributed by atoms with Crippen LogP contribution in [-0.4, -0.2) is 116 Å². The van der Waals surface area contributed by atoms with E-state index in [9.17, 15) is 28.8 Å². The molecular weight excluding hydrogens is 910 g/mol. The molecule has 0 heterocycles. The topological polar surface area (TPSA) is 202 Å². The number of carbonyl (C=O) groups is 6. The van der Waals surface area contributed by atoms with E-state index in [1.807, 2.05) is 0 Å². The van der Waals surface area contributed by atoms with Gasteiger partial charge in [0.1, 0.15) is 12.2 Å². The summed E-state index contributed by atoms with van der Waals surface area (Å²) in [6, 6.07) is 0. The van der Waals surface area contributed by atoms with Gasteiger partial charge in [-0.1, -0.05) is 120 Å².